The molecule has 1 aliphatic rings. The third-order valence-electron chi connectivity index (χ3n) is 2.68. The lowest BCUT2D eigenvalue weighted by Crippen LogP contribution is -2.15. The van der Waals surface area contributed by atoms with E-state index in [1.54, 1.807) is 6.08 Å². The van der Waals surface area contributed by atoms with Crippen LogP contribution in [0.4, 0.5) is 0 Å². The van der Waals surface area contributed by atoms with E-state index in [4.69, 9.17) is 14.9 Å². The molecule has 17 heavy (non-hydrogen) atoms. The molecule has 4 nitrogen and oxygen atoms in total. The van der Waals surface area contributed by atoms with Crippen molar-refractivity contribution in [2.24, 2.45) is 0 Å². The average molecular weight is 248 g/mol. The van der Waals surface area contributed by atoms with Crippen LogP contribution in [0.15, 0.2) is 24.8 Å². The summed E-state index contributed by atoms with van der Waals surface area (Å²) in [5, 5.41) is 7.93. The van der Waals surface area contributed by atoms with Crippen molar-refractivity contribution in [1.29, 1.82) is 5.41 Å². The maximum atomic E-state index is 7.93. The molecule has 1 N–H and O–H groups in total. The fourth-order valence-corrected chi connectivity index (χ4v) is 2.86. The average Bonchev–Trinajstić information content (AvgIpc) is 2.63. The van der Waals surface area contributed by atoms with Crippen LogP contribution in [0.2, 0.25) is 0 Å². The number of aromatic nitrogens is 1. The van der Waals surface area contributed by atoms with Gasteiger partial charge in [0.1, 0.15) is 13.2 Å². The number of hydrogen-bond acceptors (Lipinski definition) is 4. The van der Waals surface area contributed by atoms with Crippen molar-refractivity contribution >= 4 is 21.6 Å². The minimum absolute atomic E-state index is 0.516. The summed E-state index contributed by atoms with van der Waals surface area (Å²) in [6, 6.07) is 3.90. The van der Waals surface area contributed by atoms with Crippen LogP contribution in [0.5, 0.6) is 11.5 Å². The van der Waals surface area contributed by atoms with Gasteiger partial charge in [0.15, 0.2) is 16.3 Å². The van der Waals surface area contributed by atoms with Gasteiger partial charge in [-0.2, -0.15) is 0 Å². The number of ether oxygens (including phenoxy) is 2. The maximum absolute atomic E-state index is 7.93. The first-order valence-corrected chi connectivity index (χ1v) is 6.19. The SMILES string of the molecule is C=CCn1c(=N)sc2cc3c(cc21)OCCO3. The summed E-state index contributed by atoms with van der Waals surface area (Å²) in [7, 11) is 0. The highest BCUT2D eigenvalue weighted by Crippen LogP contribution is 2.35. The number of nitrogens with zero attached hydrogens (tertiary/aromatic N) is 1. The van der Waals surface area contributed by atoms with E-state index in [9.17, 15) is 0 Å². The van der Waals surface area contributed by atoms with Gasteiger partial charge in [-0.05, 0) is 0 Å². The lowest BCUT2D eigenvalue weighted by Gasteiger charge is -2.18. The zero-order valence-corrected chi connectivity index (χ0v) is 10.0. The summed E-state index contributed by atoms with van der Waals surface area (Å²) >= 11 is 1.44. The Labute approximate surface area is 102 Å². The van der Waals surface area contributed by atoms with E-state index in [1.807, 2.05) is 16.7 Å². The molecule has 2 aromatic rings. The lowest BCUT2D eigenvalue weighted by atomic mass is 10.2. The number of thiazole rings is 1. The fraction of sp³-hybridized carbons (Fsp3) is 0.250. The first kappa shape index (κ1) is 10.4. The standard InChI is InChI=1S/C12H12N2O2S/c1-2-3-14-8-6-9-10(16-5-4-15-9)7-11(8)17-12(14)13/h2,6-7,13H,1,3-5H2. The highest BCUT2D eigenvalue weighted by Gasteiger charge is 2.15. The van der Waals surface area contributed by atoms with Crippen LogP contribution in [-0.4, -0.2) is 17.8 Å². The molecule has 0 saturated carbocycles. The van der Waals surface area contributed by atoms with Crippen molar-refractivity contribution in [2.45, 2.75) is 6.54 Å². The van der Waals surface area contributed by atoms with E-state index in [-0.39, 0.29) is 0 Å². The Morgan fingerprint density at radius 1 is 1.35 bits per heavy atom. The molecule has 88 valence electrons. The third-order valence-corrected chi connectivity index (χ3v) is 3.64. The third kappa shape index (κ3) is 1.63. The first-order valence-electron chi connectivity index (χ1n) is 5.38. The molecule has 0 radical (unpaired) electrons. The van der Waals surface area contributed by atoms with Crippen molar-refractivity contribution in [3.63, 3.8) is 0 Å². The van der Waals surface area contributed by atoms with E-state index in [2.05, 4.69) is 6.58 Å². The van der Waals surface area contributed by atoms with E-state index in [0.717, 1.165) is 21.7 Å². The van der Waals surface area contributed by atoms with Crippen LogP contribution >= 0.6 is 11.3 Å². The van der Waals surface area contributed by atoms with Crippen LogP contribution in [0.1, 0.15) is 0 Å². The minimum Gasteiger partial charge on any atom is -0.486 e. The van der Waals surface area contributed by atoms with E-state index in [1.165, 1.54) is 11.3 Å². The lowest BCUT2D eigenvalue weighted by molar-refractivity contribution is 0.172. The molecular weight excluding hydrogens is 236 g/mol. The summed E-state index contributed by atoms with van der Waals surface area (Å²) in [5.41, 5.74) is 1.00. The van der Waals surface area contributed by atoms with Crippen molar-refractivity contribution < 1.29 is 9.47 Å². The molecule has 0 unspecified atom stereocenters. The van der Waals surface area contributed by atoms with Gasteiger partial charge in [-0.1, -0.05) is 17.4 Å². The number of rotatable bonds is 2. The van der Waals surface area contributed by atoms with Crippen molar-refractivity contribution in [3.05, 3.63) is 29.6 Å². The Bertz CT molecular complexity index is 642. The minimum atomic E-state index is 0.516. The Kier molecular flexibility index (Phi) is 2.40. The second kappa shape index (κ2) is 3.92. The maximum Gasteiger partial charge on any atom is 0.183 e. The Morgan fingerprint density at radius 3 is 2.76 bits per heavy atom. The van der Waals surface area contributed by atoms with E-state index in [0.29, 0.717) is 24.6 Å². The Balaban J connectivity index is 2.26. The quantitative estimate of drug-likeness (QED) is 0.828. The molecule has 0 saturated heterocycles. The van der Waals surface area contributed by atoms with Gasteiger partial charge in [-0.15, -0.1) is 6.58 Å². The second-order valence-electron chi connectivity index (χ2n) is 3.77. The summed E-state index contributed by atoms with van der Waals surface area (Å²) < 4.78 is 14.0. The van der Waals surface area contributed by atoms with Gasteiger partial charge in [-0.3, -0.25) is 5.41 Å². The van der Waals surface area contributed by atoms with E-state index >= 15 is 0 Å². The highest BCUT2D eigenvalue weighted by atomic mass is 32.1. The van der Waals surface area contributed by atoms with Gasteiger partial charge in [0, 0.05) is 18.7 Å². The van der Waals surface area contributed by atoms with Crippen molar-refractivity contribution in [2.75, 3.05) is 13.2 Å². The number of benzene rings is 1. The largest absolute Gasteiger partial charge is 0.486 e. The molecule has 5 heteroatoms. The molecule has 0 fully saturated rings. The van der Waals surface area contributed by atoms with Gasteiger partial charge in [-0.25, -0.2) is 0 Å². The molecule has 2 heterocycles. The normalized spacial score (nSPS) is 13.9. The molecular formula is C12H12N2O2S. The fourth-order valence-electron chi connectivity index (χ4n) is 1.93. The predicted molar refractivity (Wildman–Crippen MR) is 66.9 cm³/mol. The van der Waals surface area contributed by atoms with Gasteiger partial charge >= 0.3 is 0 Å². The molecule has 1 aromatic carbocycles. The smallest absolute Gasteiger partial charge is 0.183 e. The molecule has 0 aliphatic carbocycles. The number of fused-ring (bicyclic) bond motifs is 2. The van der Waals surface area contributed by atoms with Crippen LogP contribution in [0.25, 0.3) is 10.2 Å². The van der Waals surface area contributed by atoms with Gasteiger partial charge in [0.2, 0.25) is 0 Å². The number of nitrogens with one attached hydrogen (secondary N) is 1. The van der Waals surface area contributed by atoms with Crippen LogP contribution < -0.4 is 14.3 Å². The van der Waals surface area contributed by atoms with Gasteiger partial charge < -0.3 is 14.0 Å². The topological polar surface area (TPSA) is 47.2 Å². The van der Waals surface area contributed by atoms with Crippen molar-refractivity contribution in [3.8, 4) is 11.5 Å². The number of hydrogen-bond donors (Lipinski definition) is 1. The van der Waals surface area contributed by atoms with E-state index < -0.39 is 0 Å². The predicted octanol–water partition coefficient (Wildman–Crippen LogP) is 2.14. The first-order chi connectivity index (χ1) is 8.29. The number of allylic oxidation sites excluding steroid dienone is 1. The Hall–Kier alpha value is -1.75. The van der Waals surface area contributed by atoms with Crippen LogP contribution in [0.3, 0.4) is 0 Å². The van der Waals surface area contributed by atoms with Crippen LogP contribution in [-0.2, 0) is 6.54 Å². The summed E-state index contributed by atoms with van der Waals surface area (Å²) in [5.74, 6) is 1.54. The molecule has 0 amide bonds. The molecule has 0 spiro atoms. The monoisotopic (exact) mass is 248 g/mol. The van der Waals surface area contributed by atoms with Crippen LogP contribution in [0, 0.1) is 5.41 Å². The molecule has 1 aliphatic heterocycles. The van der Waals surface area contributed by atoms with Gasteiger partial charge in [0.25, 0.3) is 0 Å². The summed E-state index contributed by atoms with van der Waals surface area (Å²) in [6.45, 7) is 5.52. The second-order valence-corrected chi connectivity index (χ2v) is 4.80. The molecule has 3 rings (SSSR count). The zero-order chi connectivity index (χ0) is 11.8. The van der Waals surface area contributed by atoms with Crippen molar-refractivity contribution in [1.82, 2.24) is 4.57 Å². The molecule has 1 aromatic heterocycles. The van der Waals surface area contributed by atoms with Gasteiger partial charge in [0.05, 0.1) is 10.2 Å². The Morgan fingerprint density at radius 2 is 2.06 bits per heavy atom. The summed E-state index contributed by atoms with van der Waals surface area (Å²) in [4.78, 5) is 0.516. The molecule has 0 bridgehead atoms. The zero-order valence-electron chi connectivity index (χ0n) is 9.23. The summed E-state index contributed by atoms with van der Waals surface area (Å²) in [6.07, 6.45) is 1.79. The highest BCUT2D eigenvalue weighted by molar-refractivity contribution is 7.16. The molecule has 0 atom stereocenters.